The van der Waals surface area contributed by atoms with Crippen LogP contribution in [0.3, 0.4) is 0 Å². The van der Waals surface area contributed by atoms with Crippen molar-refractivity contribution in [2.75, 3.05) is 6.67 Å². The van der Waals surface area contributed by atoms with E-state index >= 15 is 0 Å². The average molecular weight is 277 g/mol. The van der Waals surface area contributed by atoms with Crippen LogP contribution in [0.4, 0.5) is 4.39 Å². The Labute approximate surface area is 123 Å². The Morgan fingerprint density at radius 1 is 0.950 bits per heavy atom. The van der Waals surface area contributed by atoms with Gasteiger partial charge in [0, 0.05) is 5.92 Å². The van der Waals surface area contributed by atoms with Gasteiger partial charge >= 0.3 is 0 Å². The van der Waals surface area contributed by atoms with E-state index in [0.717, 1.165) is 37.0 Å². The van der Waals surface area contributed by atoms with E-state index in [1.165, 1.54) is 38.5 Å². The molecule has 0 aromatic carbocycles. The Balaban J connectivity index is 1.67. The van der Waals surface area contributed by atoms with Crippen molar-refractivity contribution in [2.24, 2.45) is 23.7 Å². The number of unbranched alkanes of at least 4 members (excludes halogenated alkanes) is 1. The van der Waals surface area contributed by atoms with Crippen molar-refractivity contribution in [1.82, 2.24) is 0 Å². The number of halogens is 1. The van der Waals surface area contributed by atoms with Gasteiger partial charge in [0.05, 0.1) is 12.7 Å². The monoisotopic (exact) mass is 277 g/mol. The minimum atomic E-state index is -0.192. The molecule has 0 radical (unpaired) electrons. The average Bonchev–Trinajstić information content (AvgIpc) is 2.52. The Morgan fingerprint density at radius 3 is 2.10 bits per heavy atom. The molecular weight excluding hydrogens is 249 g/mol. The first-order valence-electron chi connectivity index (χ1n) is 8.45. The van der Waals surface area contributed by atoms with Crippen molar-refractivity contribution < 1.29 is 4.39 Å². The molecule has 0 atom stereocenters. The van der Waals surface area contributed by atoms with Crippen molar-refractivity contribution >= 4 is 0 Å². The topological polar surface area (TPSA) is 23.8 Å². The first-order valence-corrected chi connectivity index (χ1v) is 8.45. The quantitative estimate of drug-likeness (QED) is 0.485. The Hall–Kier alpha value is -0.840. The minimum absolute atomic E-state index is 0.192. The molecule has 2 fully saturated rings. The first-order chi connectivity index (χ1) is 9.83. The molecule has 0 aliphatic heterocycles. The van der Waals surface area contributed by atoms with E-state index in [4.69, 9.17) is 5.26 Å². The summed E-state index contributed by atoms with van der Waals surface area (Å²) < 4.78 is 12.0. The molecule has 2 saturated carbocycles. The van der Waals surface area contributed by atoms with Gasteiger partial charge in [-0.3, -0.25) is 4.39 Å². The molecular formula is C18H28FN. The molecule has 20 heavy (non-hydrogen) atoms. The van der Waals surface area contributed by atoms with Gasteiger partial charge in [0.1, 0.15) is 0 Å². The molecule has 2 heteroatoms. The number of hydrogen-bond acceptors (Lipinski definition) is 1. The van der Waals surface area contributed by atoms with Crippen LogP contribution in [0.2, 0.25) is 0 Å². The number of hydrogen-bond donors (Lipinski definition) is 0. The lowest BCUT2D eigenvalue weighted by atomic mass is 9.69. The lowest BCUT2D eigenvalue weighted by Crippen LogP contribution is -2.25. The van der Waals surface area contributed by atoms with Crippen molar-refractivity contribution in [3.05, 3.63) is 12.2 Å². The number of allylic oxidation sites excluding steroid dienone is 2. The van der Waals surface area contributed by atoms with E-state index in [0.29, 0.717) is 12.3 Å². The highest BCUT2D eigenvalue weighted by Gasteiger charge is 2.30. The zero-order chi connectivity index (χ0) is 14.2. The smallest absolute Gasteiger partial charge is 0.0897 e. The fraction of sp³-hybridized carbons (Fsp3) is 0.833. The first kappa shape index (κ1) is 15.5. The summed E-state index contributed by atoms with van der Waals surface area (Å²) in [6.45, 7) is -0.192. The molecule has 0 amide bonds. The molecule has 0 aromatic rings. The van der Waals surface area contributed by atoms with Crippen LogP contribution >= 0.6 is 0 Å². The summed E-state index contributed by atoms with van der Waals surface area (Å²) in [4.78, 5) is 0. The van der Waals surface area contributed by atoms with Gasteiger partial charge in [0.15, 0.2) is 0 Å². The number of rotatable bonds is 5. The summed E-state index contributed by atoms with van der Waals surface area (Å²) in [5, 5.41) is 8.96. The largest absolute Gasteiger partial charge is 0.251 e. The van der Waals surface area contributed by atoms with Gasteiger partial charge < -0.3 is 0 Å². The maximum absolute atomic E-state index is 12.0. The van der Waals surface area contributed by atoms with Gasteiger partial charge in [-0.1, -0.05) is 12.2 Å². The SMILES string of the molecule is N#CC1CCC(C2CCC(C=CCCCF)CC2)CC1. The van der Waals surface area contributed by atoms with Crippen LogP contribution in [0.1, 0.15) is 64.2 Å². The van der Waals surface area contributed by atoms with E-state index in [1.807, 2.05) is 0 Å². The van der Waals surface area contributed by atoms with Gasteiger partial charge in [-0.2, -0.15) is 5.26 Å². The maximum Gasteiger partial charge on any atom is 0.0897 e. The van der Waals surface area contributed by atoms with Crippen LogP contribution in [0.5, 0.6) is 0 Å². The zero-order valence-corrected chi connectivity index (χ0v) is 12.6. The summed E-state index contributed by atoms with van der Waals surface area (Å²) in [7, 11) is 0. The second-order valence-electron chi connectivity index (χ2n) is 6.68. The lowest BCUT2D eigenvalue weighted by Gasteiger charge is -2.36. The Kier molecular flexibility index (Phi) is 6.57. The van der Waals surface area contributed by atoms with E-state index < -0.39 is 0 Å². The summed E-state index contributed by atoms with van der Waals surface area (Å²) in [5.41, 5.74) is 0. The second-order valence-corrected chi connectivity index (χ2v) is 6.68. The predicted octanol–water partition coefficient (Wildman–Crippen LogP) is 5.43. The molecule has 2 rings (SSSR count). The Morgan fingerprint density at radius 2 is 1.55 bits per heavy atom. The van der Waals surface area contributed by atoms with E-state index in [1.54, 1.807) is 0 Å². The highest BCUT2D eigenvalue weighted by Crippen LogP contribution is 2.41. The van der Waals surface area contributed by atoms with E-state index in [9.17, 15) is 4.39 Å². The second kappa shape index (κ2) is 8.45. The lowest BCUT2D eigenvalue weighted by molar-refractivity contribution is 0.168. The third-order valence-electron chi connectivity index (χ3n) is 5.35. The maximum atomic E-state index is 12.0. The molecule has 1 nitrogen and oxygen atoms in total. The van der Waals surface area contributed by atoms with Crippen molar-refractivity contribution in [2.45, 2.75) is 64.2 Å². The summed E-state index contributed by atoms with van der Waals surface area (Å²) in [5.74, 6) is 2.86. The van der Waals surface area contributed by atoms with Crippen LogP contribution in [-0.4, -0.2) is 6.67 Å². The molecule has 2 aliphatic rings. The van der Waals surface area contributed by atoms with E-state index in [2.05, 4.69) is 18.2 Å². The van der Waals surface area contributed by atoms with Crippen molar-refractivity contribution in [1.29, 1.82) is 5.26 Å². The van der Waals surface area contributed by atoms with Gasteiger partial charge in [-0.15, -0.1) is 0 Å². The highest BCUT2D eigenvalue weighted by atomic mass is 19.1. The van der Waals surface area contributed by atoms with Crippen LogP contribution in [0, 0.1) is 35.0 Å². The third kappa shape index (κ3) is 4.62. The fourth-order valence-corrected chi connectivity index (χ4v) is 4.01. The number of nitrogens with zero attached hydrogens (tertiary/aromatic N) is 1. The highest BCUT2D eigenvalue weighted by molar-refractivity contribution is 4.93. The molecule has 0 spiro atoms. The van der Waals surface area contributed by atoms with Crippen LogP contribution < -0.4 is 0 Å². The Bertz CT molecular complexity index is 328. The number of nitriles is 1. The molecule has 0 unspecified atom stereocenters. The summed E-state index contributed by atoms with van der Waals surface area (Å²) >= 11 is 0. The predicted molar refractivity (Wildman–Crippen MR) is 80.9 cm³/mol. The fourth-order valence-electron chi connectivity index (χ4n) is 4.01. The molecule has 0 heterocycles. The van der Waals surface area contributed by atoms with Gasteiger partial charge in [-0.25, -0.2) is 0 Å². The van der Waals surface area contributed by atoms with Crippen LogP contribution in [0.25, 0.3) is 0 Å². The van der Waals surface area contributed by atoms with Gasteiger partial charge in [0.25, 0.3) is 0 Å². The summed E-state index contributed by atoms with van der Waals surface area (Å²) in [6.07, 6.45) is 16.3. The van der Waals surface area contributed by atoms with Gasteiger partial charge in [0.2, 0.25) is 0 Å². The molecule has 112 valence electrons. The zero-order valence-electron chi connectivity index (χ0n) is 12.6. The van der Waals surface area contributed by atoms with Crippen LogP contribution in [0.15, 0.2) is 12.2 Å². The molecule has 2 aliphatic carbocycles. The number of alkyl halides is 1. The van der Waals surface area contributed by atoms with Crippen molar-refractivity contribution in [3.63, 3.8) is 0 Å². The summed E-state index contributed by atoms with van der Waals surface area (Å²) in [6, 6.07) is 2.43. The standard InChI is InChI=1S/C18H28FN/c19-13-3-1-2-4-15-5-9-17(10-6-15)18-11-7-16(14-20)8-12-18/h2,4,15-18H,1,3,5-13H2. The third-order valence-corrected chi connectivity index (χ3v) is 5.35. The molecule has 0 N–H and O–H groups in total. The van der Waals surface area contributed by atoms with Crippen LogP contribution in [-0.2, 0) is 0 Å². The van der Waals surface area contributed by atoms with Gasteiger partial charge in [-0.05, 0) is 82.0 Å². The molecule has 0 saturated heterocycles. The van der Waals surface area contributed by atoms with E-state index in [-0.39, 0.29) is 6.67 Å². The molecule has 0 bridgehead atoms. The minimum Gasteiger partial charge on any atom is -0.251 e. The normalized spacial score (nSPS) is 35.0. The van der Waals surface area contributed by atoms with Crippen molar-refractivity contribution in [3.8, 4) is 6.07 Å². The molecule has 0 aromatic heterocycles.